The summed E-state index contributed by atoms with van der Waals surface area (Å²) in [6.45, 7) is 0. The van der Waals surface area contributed by atoms with Gasteiger partial charge in [-0.15, -0.1) is 0 Å². The highest BCUT2D eigenvalue weighted by molar-refractivity contribution is 5.60. The van der Waals surface area contributed by atoms with Crippen LogP contribution in [0.2, 0.25) is 0 Å². The minimum absolute atomic E-state index is 0.508. The summed E-state index contributed by atoms with van der Waals surface area (Å²) in [6, 6.07) is 5.48. The van der Waals surface area contributed by atoms with Crippen molar-refractivity contribution in [1.82, 2.24) is 15.2 Å². The average Bonchev–Trinajstić information content (AvgIpc) is 2.71. The smallest absolute Gasteiger partial charge is 0.148 e. The third-order valence-corrected chi connectivity index (χ3v) is 1.69. The molecule has 0 saturated carbocycles. The zero-order valence-electron chi connectivity index (χ0n) is 7.23. The number of nitriles is 1. The largest absolute Gasteiger partial charge is 0.337 e. The fourth-order valence-electron chi connectivity index (χ4n) is 1.05. The Morgan fingerprint density at radius 3 is 3.14 bits per heavy atom. The van der Waals surface area contributed by atoms with Gasteiger partial charge in [0.25, 0.3) is 0 Å². The number of hydrogen-bond donors (Lipinski definition) is 2. The van der Waals surface area contributed by atoms with Gasteiger partial charge in [0.05, 0.1) is 17.4 Å². The molecule has 2 rings (SSSR count). The Kier molecular flexibility index (Phi) is 2.11. The molecular weight excluding hydrogens is 178 g/mol. The highest BCUT2D eigenvalue weighted by Crippen LogP contribution is 2.15. The Bertz CT molecular complexity index is 454. The molecule has 0 radical (unpaired) electrons. The van der Waals surface area contributed by atoms with E-state index in [4.69, 9.17) is 5.26 Å². The summed E-state index contributed by atoms with van der Waals surface area (Å²) in [6.07, 6.45) is 4.94. The second-order valence-corrected chi connectivity index (χ2v) is 2.62. The fourth-order valence-corrected chi connectivity index (χ4v) is 1.05. The molecule has 0 atom stereocenters. The molecule has 2 aromatic heterocycles. The Labute approximate surface area is 80.4 Å². The van der Waals surface area contributed by atoms with E-state index < -0.39 is 0 Å². The van der Waals surface area contributed by atoms with Crippen molar-refractivity contribution in [2.24, 2.45) is 0 Å². The first-order valence-corrected chi connectivity index (χ1v) is 4.01. The van der Waals surface area contributed by atoms with E-state index in [0.29, 0.717) is 11.4 Å². The van der Waals surface area contributed by atoms with Gasteiger partial charge in [0.2, 0.25) is 0 Å². The van der Waals surface area contributed by atoms with Crippen molar-refractivity contribution in [1.29, 1.82) is 5.26 Å². The molecule has 68 valence electrons. The standard InChI is InChI=1S/C9H7N5/c10-4-7-2-1-3-11-9(7)14-8-5-12-13-6-8/h1-3,5-6H,(H,11,14)(H,12,13). The SMILES string of the molecule is N#Cc1cccnc1Nc1cn[nH]c1. The lowest BCUT2D eigenvalue weighted by Gasteiger charge is -2.02. The summed E-state index contributed by atoms with van der Waals surface area (Å²) in [7, 11) is 0. The van der Waals surface area contributed by atoms with Gasteiger partial charge in [0.1, 0.15) is 11.9 Å². The topological polar surface area (TPSA) is 77.4 Å². The van der Waals surface area contributed by atoms with Gasteiger partial charge in [-0.3, -0.25) is 5.10 Å². The van der Waals surface area contributed by atoms with Crippen molar-refractivity contribution in [3.05, 3.63) is 36.3 Å². The lowest BCUT2D eigenvalue weighted by atomic mass is 10.3. The molecule has 0 aliphatic carbocycles. The van der Waals surface area contributed by atoms with Crippen LogP contribution in [0.3, 0.4) is 0 Å². The fraction of sp³-hybridized carbons (Fsp3) is 0. The molecule has 0 unspecified atom stereocenters. The highest BCUT2D eigenvalue weighted by Gasteiger charge is 2.02. The first-order chi connectivity index (χ1) is 6.90. The second-order valence-electron chi connectivity index (χ2n) is 2.62. The van der Waals surface area contributed by atoms with E-state index >= 15 is 0 Å². The van der Waals surface area contributed by atoms with E-state index in [1.165, 1.54) is 0 Å². The third kappa shape index (κ3) is 1.54. The molecule has 5 nitrogen and oxygen atoms in total. The van der Waals surface area contributed by atoms with Crippen molar-refractivity contribution >= 4 is 11.5 Å². The van der Waals surface area contributed by atoms with Crippen molar-refractivity contribution in [3.8, 4) is 6.07 Å². The predicted octanol–water partition coefficient (Wildman–Crippen LogP) is 1.42. The van der Waals surface area contributed by atoms with Crippen LogP contribution in [0.1, 0.15) is 5.56 Å². The number of anilines is 2. The van der Waals surface area contributed by atoms with Crippen LogP contribution in [-0.4, -0.2) is 15.2 Å². The van der Waals surface area contributed by atoms with Crippen molar-refractivity contribution in [3.63, 3.8) is 0 Å². The van der Waals surface area contributed by atoms with Crippen LogP contribution in [0.25, 0.3) is 0 Å². The van der Waals surface area contributed by atoms with Crippen LogP contribution < -0.4 is 5.32 Å². The monoisotopic (exact) mass is 185 g/mol. The van der Waals surface area contributed by atoms with E-state index in [1.807, 2.05) is 0 Å². The van der Waals surface area contributed by atoms with Crippen LogP contribution in [0.4, 0.5) is 11.5 Å². The van der Waals surface area contributed by atoms with E-state index in [-0.39, 0.29) is 0 Å². The molecule has 0 amide bonds. The minimum atomic E-state index is 0.508. The van der Waals surface area contributed by atoms with Crippen LogP contribution in [0.15, 0.2) is 30.7 Å². The minimum Gasteiger partial charge on any atom is -0.337 e. The summed E-state index contributed by atoms with van der Waals surface area (Å²) in [4.78, 5) is 4.05. The number of pyridine rings is 1. The quantitative estimate of drug-likeness (QED) is 0.741. The molecule has 2 N–H and O–H groups in total. The van der Waals surface area contributed by atoms with Crippen LogP contribution in [0.5, 0.6) is 0 Å². The summed E-state index contributed by atoms with van der Waals surface area (Å²) in [5.74, 6) is 0.538. The molecule has 0 fully saturated rings. The van der Waals surface area contributed by atoms with Crippen LogP contribution in [0, 0.1) is 11.3 Å². The molecule has 5 heteroatoms. The molecule has 0 aromatic carbocycles. The van der Waals surface area contributed by atoms with Gasteiger partial charge in [-0.05, 0) is 12.1 Å². The van der Waals surface area contributed by atoms with Crippen LogP contribution in [-0.2, 0) is 0 Å². The Morgan fingerprint density at radius 1 is 1.50 bits per heavy atom. The van der Waals surface area contributed by atoms with Crippen LogP contribution >= 0.6 is 0 Å². The molecule has 0 spiro atoms. The Balaban J connectivity index is 2.30. The molecule has 2 heterocycles. The Hall–Kier alpha value is -2.35. The molecule has 0 bridgehead atoms. The van der Waals surface area contributed by atoms with Gasteiger partial charge < -0.3 is 5.32 Å². The number of H-pyrrole nitrogens is 1. The molecule has 2 aromatic rings. The maximum Gasteiger partial charge on any atom is 0.148 e. The molecule has 0 saturated heterocycles. The summed E-state index contributed by atoms with van der Waals surface area (Å²) < 4.78 is 0. The maximum atomic E-state index is 8.79. The maximum absolute atomic E-state index is 8.79. The average molecular weight is 185 g/mol. The van der Waals surface area contributed by atoms with Gasteiger partial charge in [-0.2, -0.15) is 10.4 Å². The van der Waals surface area contributed by atoms with Gasteiger partial charge in [0, 0.05) is 12.4 Å². The van der Waals surface area contributed by atoms with Crippen molar-refractivity contribution in [2.75, 3.05) is 5.32 Å². The number of rotatable bonds is 2. The molecule has 14 heavy (non-hydrogen) atoms. The molecular formula is C9H7N5. The zero-order chi connectivity index (χ0) is 9.80. The lowest BCUT2D eigenvalue weighted by molar-refractivity contribution is 1.09. The van der Waals surface area contributed by atoms with Crippen molar-refractivity contribution in [2.45, 2.75) is 0 Å². The highest BCUT2D eigenvalue weighted by atomic mass is 15.1. The lowest BCUT2D eigenvalue weighted by Crippen LogP contribution is -1.94. The number of aromatic amines is 1. The number of hydrogen-bond acceptors (Lipinski definition) is 4. The molecule has 0 aliphatic rings. The van der Waals surface area contributed by atoms with Gasteiger partial charge >= 0.3 is 0 Å². The summed E-state index contributed by atoms with van der Waals surface area (Å²) >= 11 is 0. The predicted molar refractivity (Wildman–Crippen MR) is 50.8 cm³/mol. The van der Waals surface area contributed by atoms with E-state index in [9.17, 15) is 0 Å². The number of nitrogens with zero attached hydrogens (tertiary/aromatic N) is 3. The Morgan fingerprint density at radius 2 is 2.43 bits per heavy atom. The van der Waals surface area contributed by atoms with Gasteiger partial charge in [-0.25, -0.2) is 4.98 Å². The number of nitrogens with one attached hydrogen (secondary N) is 2. The van der Waals surface area contributed by atoms with E-state index in [0.717, 1.165) is 5.69 Å². The van der Waals surface area contributed by atoms with E-state index in [1.54, 1.807) is 30.7 Å². The van der Waals surface area contributed by atoms with Crippen molar-refractivity contribution < 1.29 is 0 Å². The second kappa shape index (κ2) is 3.58. The summed E-state index contributed by atoms with van der Waals surface area (Å²) in [5.41, 5.74) is 1.29. The molecule has 0 aliphatic heterocycles. The van der Waals surface area contributed by atoms with Gasteiger partial charge in [0.15, 0.2) is 0 Å². The first kappa shape index (κ1) is 8.26. The zero-order valence-corrected chi connectivity index (χ0v) is 7.23. The summed E-state index contributed by atoms with van der Waals surface area (Å²) in [5, 5.41) is 18.2. The first-order valence-electron chi connectivity index (χ1n) is 4.01. The number of aromatic nitrogens is 3. The normalized spacial score (nSPS) is 9.36. The van der Waals surface area contributed by atoms with E-state index in [2.05, 4.69) is 26.6 Å². The third-order valence-electron chi connectivity index (χ3n) is 1.69. The van der Waals surface area contributed by atoms with Gasteiger partial charge in [-0.1, -0.05) is 0 Å².